The van der Waals surface area contributed by atoms with Gasteiger partial charge in [-0.25, -0.2) is 0 Å². The number of halogens is 1. The van der Waals surface area contributed by atoms with Crippen LogP contribution in [0.2, 0.25) is 0 Å². The number of ether oxygens (including phenoxy) is 2. The van der Waals surface area contributed by atoms with E-state index >= 15 is 0 Å². The van der Waals surface area contributed by atoms with E-state index in [0.717, 1.165) is 18.0 Å². The van der Waals surface area contributed by atoms with Crippen LogP contribution in [0.4, 0.5) is 0 Å². The van der Waals surface area contributed by atoms with Gasteiger partial charge in [0.05, 0.1) is 25.0 Å². The van der Waals surface area contributed by atoms with Gasteiger partial charge in [-0.05, 0) is 76.1 Å². The highest BCUT2D eigenvalue weighted by Crippen LogP contribution is 2.33. The van der Waals surface area contributed by atoms with E-state index in [0.29, 0.717) is 0 Å². The third-order valence-corrected chi connectivity index (χ3v) is 6.55. The quantitative estimate of drug-likeness (QED) is 0.225. The second-order valence-electron chi connectivity index (χ2n) is 8.39. The fourth-order valence-electron chi connectivity index (χ4n) is 4.88. The molecular weight excluding hydrogens is 442 g/mol. The van der Waals surface area contributed by atoms with Crippen molar-refractivity contribution in [2.75, 3.05) is 14.2 Å². The molecule has 0 aliphatic heterocycles. The molecule has 4 heteroatoms. The second kappa shape index (κ2) is 8.85. The Labute approximate surface area is 204 Å². The molecule has 0 fully saturated rings. The standard InChI is InChI=1S/C30H24NO2.ClH/c1-32-23-10-12-25-21(16-23)8-14-29-27(25)18-28-26-13-11-24(33-2)17-22(26)9-15-30(28)31(29)19-20-6-4-3-5-7-20;/h3-18H,19H2,1-2H3;1H/q+1;/p-1. The summed E-state index contributed by atoms with van der Waals surface area (Å²) in [5.74, 6) is 1.75. The van der Waals surface area contributed by atoms with Crippen LogP contribution in [-0.4, -0.2) is 14.2 Å². The molecule has 1 heterocycles. The Bertz CT molecular complexity index is 1560. The van der Waals surface area contributed by atoms with Gasteiger partial charge in [-0.15, -0.1) is 0 Å². The zero-order valence-electron chi connectivity index (χ0n) is 19.1. The lowest BCUT2D eigenvalue weighted by atomic mass is 9.99. The van der Waals surface area contributed by atoms with Gasteiger partial charge in [-0.1, -0.05) is 30.3 Å². The fraction of sp³-hybridized carbons (Fsp3) is 0.100. The van der Waals surface area contributed by atoms with Gasteiger partial charge < -0.3 is 21.9 Å². The van der Waals surface area contributed by atoms with E-state index in [1.165, 1.54) is 48.9 Å². The van der Waals surface area contributed by atoms with Gasteiger partial charge in [0.1, 0.15) is 11.5 Å². The largest absolute Gasteiger partial charge is 1.00 e. The second-order valence-corrected chi connectivity index (χ2v) is 8.39. The van der Waals surface area contributed by atoms with E-state index in [-0.39, 0.29) is 12.4 Å². The van der Waals surface area contributed by atoms with E-state index in [4.69, 9.17) is 9.47 Å². The average molecular weight is 466 g/mol. The number of pyridine rings is 1. The van der Waals surface area contributed by atoms with Crippen molar-refractivity contribution in [3.63, 3.8) is 0 Å². The van der Waals surface area contributed by atoms with Crippen LogP contribution >= 0.6 is 0 Å². The smallest absolute Gasteiger partial charge is 0.213 e. The van der Waals surface area contributed by atoms with Gasteiger partial charge in [0.25, 0.3) is 0 Å². The van der Waals surface area contributed by atoms with Gasteiger partial charge in [-0.3, -0.25) is 0 Å². The predicted molar refractivity (Wildman–Crippen MR) is 135 cm³/mol. The maximum atomic E-state index is 5.47. The van der Waals surface area contributed by atoms with Crippen molar-refractivity contribution in [1.29, 1.82) is 0 Å². The molecule has 0 atom stereocenters. The lowest BCUT2D eigenvalue weighted by molar-refractivity contribution is -0.635. The number of fused-ring (bicyclic) bond motifs is 6. The molecule has 168 valence electrons. The van der Waals surface area contributed by atoms with E-state index in [1.54, 1.807) is 14.2 Å². The van der Waals surface area contributed by atoms with Crippen LogP contribution in [0.3, 0.4) is 0 Å². The molecule has 0 saturated carbocycles. The zero-order chi connectivity index (χ0) is 22.4. The first-order chi connectivity index (χ1) is 16.2. The average Bonchev–Trinajstić information content (AvgIpc) is 2.88. The van der Waals surface area contributed by atoms with E-state index in [2.05, 4.69) is 89.5 Å². The van der Waals surface area contributed by atoms with Crippen molar-refractivity contribution in [1.82, 2.24) is 0 Å². The van der Waals surface area contributed by atoms with Crippen LogP contribution in [0.25, 0.3) is 43.4 Å². The molecule has 6 aromatic rings. The van der Waals surface area contributed by atoms with Gasteiger partial charge in [0.2, 0.25) is 11.0 Å². The number of hydrogen-bond acceptors (Lipinski definition) is 2. The van der Waals surface area contributed by atoms with Crippen molar-refractivity contribution in [3.05, 3.63) is 103 Å². The summed E-state index contributed by atoms with van der Waals surface area (Å²) in [6, 6.07) is 34.5. The van der Waals surface area contributed by atoms with Crippen molar-refractivity contribution in [2.45, 2.75) is 6.54 Å². The summed E-state index contributed by atoms with van der Waals surface area (Å²) in [6.45, 7) is 0.804. The molecular formula is C30H24ClNO2. The third kappa shape index (κ3) is 3.59. The molecule has 5 aromatic carbocycles. The Balaban J connectivity index is 0.00000241. The van der Waals surface area contributed by atoms with E-state index in [9.17, 15) is 0 Å². The van der Waals surface area contributed by atoms with Crippen LogP contribution in [0.1, 0.15) is 5.56 Å². The summed E-state index contributed by atoms with van der Waals surface area (Å²) in [5, 5.41) is 7.28. The molecule has 3 nitrogen and oxygen atoms in total. The number of methoxy groups -OCH3 is 2. The Kier molecular flexibility index (Phi) is 5.72. The van der Waals surface area contributed by atoms with Crippen molar-refractivity contribution >= 4 is 43.4 Å². The molecule has 0 saturated heterocycles. The molecule has 34 heavy (non-hydrogen) atoms. The summed E-state index contributed by atoms with van der Waals surface area (Å²) >= 11 is 0. The lowest BCUT2D eigenvalue weighted by Gasteiger charge is -2.11. The maximum absolute atomic E-state index is 5.47. The first-order valence-corrected chi connectivity index (χ1v) is 11.1. The van der Waals surface area contributed by atoms with E-state index < -0.39 is 0 Å². The van der Waals surface area contributed by atoms with Crippen LogP contribution in [-0.2, 0) is 6.54 Å². The summed E-state index contributed by atoms with van der Waals surface area (Å²) in [5.41, 5.74) is 3.72. The SMILES string of the molecule is COc1ccc2c(ccc3c2cc2c4ccc(OC)cc4ccc2[n+]3Cc2ccccc2)c1.[Cl-]. The van der Waals surface area contributed by atoms with Gasteiger partial charge in [-0.2, -0.15) is 4.57 Å². The molecule has 0 unspecified atom stereocenters. The zero-order valence-corrected chi connectivity index (χ0v) is 19.8. The lowest BCUT2D eigenvalue weighted by Crippen LogP contribution is -3.00. The summed E-state index contributed by atoms with van der Waals surface area (Å²) in [4.78, 5) is 0. The molecule has 0 radical (unpaired) electrons. The summed E-state index contributed by atoms with van der Waals surface area (Å²) < 4.78 is 13.4. The Morgan fingerprint density at radius 2 is 1.09 bits per heavy atom. The highest BCUT2D eigenvalue weighted by atomic mass is 35.5. The highest BCUT2D eigenvalue weighted by molar-refractivity contribution is 6.13. The minimum Gasteiger partial charge on any atom is -1.00 e. The van der Waals surface area contributed by atoms with Crippen LogP contribution in [0, 0.1) is 0 Å². The monoisotopic (exact) mass is 465 g/mol. The first kappa shape index (κ1) is 22.0. The normalized spacial score (nSPS) is 11.1. The molecule has 0 bridgehead atoms. The number of nitrogens with zero attached hydrogens (tertiary/aromatic N) is 1. The Morgan fingerprint density at radius 3 is 1.59 bits per heavy atom. The van der Waals surface area contributed by atoms with Crippen LogP contribution in [0.5, 0.6) is 11.5 Å². The minimum absolute atomic E-state index is 0. The number of benzene rings is 5. The topological polar surface area (TPSA) is 22.3 Å². The summed E-state index contributed by atoms with van der Waals surface area (Å²) in [7, 11) is 3.42. The molecule has 0 aliphatic carbocycles. The van der Waals surface area contributed by atoms with Gasteiger partial charge in [0, 0.05) is 17.7 Å². The number of rotatable bonds is 4. The Morgan fingerprint density at radius 1 is 0.559 bits per heavy atom. The molecule has 1 aromatic heterocycles. The van der Waals surface area contributed by atoms with Crippen molar-refractivity contribution in [3.8, 4) is 11.5 Å². The summed E-state index contributed by atoms with van der Waals surface area (Å²) in [6.07, 6.45) is 0. The number of aromatic nitrogens is 1. The Hall–Kier alpha value is -3.82. The molecule has 0 amide bonds. The van der Waals surface area contributed by atoms with Crippen LogP contribution < -0.4 is 26.4 Å². The molecule has 0 aliphatic rings. The van der Waals surface area contributed by atoms with Crippen molar-refractivity contribution in [2.24, 2.45) is 0 Å². The molecule has 6 rings (SSSR count). The van der Waals surface area contributed by atoms with Gasteiger partial charge in [0.15, 0.2) is 6.54 Å². The van der Waals surface area contributed by atoms with E-state index in [1.807, 2.05) is 12.1 Å². The van der Waals surface area contributed by atoms with Crippen LogP contribution in [0.15, 0.2) is 97.1 Å². The maximum Gasteiger partial charge on any atom is 0.213 e. The first-order valence-electron chi connectivity index (χ1n) is 11.1. The number of hydrogen-bond donors (Lipinski definition) is 0. The highest BCUT2D eigenvalue weighted by Gasteiger charge is 2.19. The molecule has 0 N–H and O–H groups in total. The van der Waals surface area contributed by atoms with Gasteiger partial charge >= 0.3 is 0 Å². The fourth-order valence-corrected chi connectivity index (χ4v) is 4.88. The minimum atomic E-state index is 0. The van der Waals surface area contributed by atoms with Crippen molar-refractivity contribution < 1.29 is 26.4 Å². The molecule has 0 spiro atoms. The predicted octanol–water partition coefficient (Wildman–Crippen LogP) is 3.66. The third-order valence-electron chi connectivity index (χ3n) is 6.55.